The van der Waals surface area contributed by atoms with E-state index in [1.54, 1.807) is 0 Å². The number of carbonyl (C=O) groups is 2. The summed E-state index contributed by atoms with van der Waals surface area (Å²) in [5, 5.41) is 120. The summed E-state index contributed by atoms with van der Waals surface area (Å²) in [6, 6.07) is -2.86. The zero-order valence-corrected chi connectivity index (χ0v) is 27.3. The van der Waals surface area contributed by atoms with Crippen molar-refractivity contribution >= 4 is 11.8 Å². The Labute approximate surface area is 285 Å². The van der Waals surface area contributed by atoms with Gasteiger partial charge in [0.05, 0.1) is 25.9 Å². The van der Waals surface area contributed by atoms with E-state index < -0.39 is 154 Å². The van der Waals surface area contributed by atoms with Crippen LogP contribution in [0.1, 0.15) is 20.8 Å². The third-order valence-electron chi connectivity index (χ3n) is 8.95. The van der Waals surface area contributed by atoms with Crippen LogP contribution in [0.15, 0.2) is 0 Å². The molecule has 4 aliphatic rings. The van der Waals surface area contributed by atoms with E-state index in [4.69, 9.17) is 33.2 Å². The fourth-order valence-corrected chi connectivity index (χ4v) is 6.18. The minimum Gasteiger partial charge on any atom is -0.394 e. The first-order chi connectivity index (χ1) is 23.5. The summed E-state index contributed by atoms with van der Waals surface area (Å²) in [7, 11) is 0. The van der Waals surface area contributed by atoms with Crippen LogP contribution in [0.5, 0.6) is 0 Å². The van der Waals surface area contributed by atoms with Crippen LogP contribution in [0.2, 0.25) is 0 Å². The number of nitrogens with one attached hydrogen (secondary N) is 2. The molecule has 4 fully saturated rings. The van der Waals surface area contributed by atoms with Crippen molar-refractivity contribution in [2.24, 2.45) is 0 Å². The van der Waals surface area contributed by atoms with E-state index in [-0.39, 0.29) is 0 Å². The zero-order chi connectivity index (χ0) is 37.2. The van der Waals surface area contributed by atoms with E-state index in [1.165, 1.54) is 6.92 Å². The number of aliphatic hydroxyl groups is 11. The van der Waals surface area contributed by atoms with Gasteiger partial charge in [0.15, 0.2) is 25.2 Å². The van der Waals surface area contributed by atoms with Gasteiger partial charge in [-0.3, -0.25) is 9.59 Å². The van der Waals surface area contributed by atoms with Crippen molar-refractivity contribution in [2.75, 3.05) is 19.8 Å². The Morgan fingerprint density at radius 2 is 1.12 bits per heavy atom. The summed E-state index contributed by atoms with van der Waals surface area (Å²) in [4.78, 5) is 23.6. The van der Waals surface area contributed by atoms with Crippen LogP contribution in [-0.2, 0) is 42.7 Å². The lowest BCUT2D eigenvalue weighted by molar-refractivity contribution is -0.383. The van der Waals surface area contributed by atoms with E-state index in [9.17, 15) is 65.8 Å². The molecule has 4 rings (SSSR count). The molecule has 22 nitrogen and oxygen atoms in total. The summed E-state index contributed by atoms with van der Waals surface area (Å²) in [5.74, 6) is -1.31. The number of aliphatic hydroxyl groups excluding tert-OH is 11. The lowest BCUT2D eigenvalue weighted by Crippen LogP contribution is -2.69. The Bertz CT molecular complexity index is 1130. The molecule has 290 valence electrons. The van der Waals surface area contributed by atoms with Crippen LogP contribution in [0.3, 0.4) is 0 Å². The highest BCUT2D eigenvalue weighted by molar-refractivity contribution is 5.73. The molecule has 20 atom stereocenters. The van der Waals surface area contributed by atoms with Gasteiger partial charge in [-0.15, -0.1) is 0 Å². The molecular weight excluding hydrogens is 684 g/mol. The first-order valence-electron chi connectivity index (χ1n) is 15.9. The van der Waals surface area contributed by atoms with Crippen LogP contribution < -0.4 is 10.6 Å². The number of carbonyl (C=O) groups excluding carboxylic acids is 2. The van der Waals surface area contributed by atoms with E-state index in [0.717, 1.165) is 13.8 Å². The minimum absolute atomic E-state index is 0.615. The van der Waals surface area contributed by atoms with Crippen LogP contribution >= 0.6 is 0 Å². The summed E-state index contributed by atoms with van der Waals surface area (Å²) >= 11 is 0. The molecule has 0 bridgehead atoms. The van der Waals surface area contributed by atoms with Gasteiger partial charge in [-0.2, -0.15) is 0 Å². The Kier molecular flexibility index (Phi) is 14.2. The van der Waals surface area contributed by atoms with Crippen molar-refractivity contribution < 1.29 is 98.9 Å². The van der Waals surface area contributed by atoms with Gasteiger partial charge in [-0.05, 0) is 6.92 Å². The third kappa shape index (κ3) is 8.87. The fourth-order valence-electron chi connectivity index (χ4n) is 6.18. The monoisotopic (exact) mass is 732 g/mol. The van der Waals surface area contributed by atoms with Crippen LogP contribution in [0.4, 0.5) is 0 Å². The first kappa shape index (κ1) is 41.0. The number of hydrogen-bond donors (Lipinski definition) is 13. The smallest absolute Gasteiger partial charge is 0.217 e. The van der Waals surface area contributed by atoms with Gasteiger partial charge < -0.3 is 100.0 Å². The highest BCUT2D eigenvalue weighted by Crippen LogP contribution is 2.33. The second-order valence-electron chi connectivity index (χ2n) is 12.6. The standard InChI is InChI=1S/C28H48N2O20/c1-7-15(35)20(40)22(42)27(45-7)50-24-21(41)16(36)10(4-31)47-28(24)49-23-11(5-32)48-26(14(19(23)39)30-9(3)34)44-6-12-17(37)18(38)13(25(43)46-12)29-8(2)33/h7,10-28,31-32,35-43H,4-6H2,1-3H3,(H,29,33)(H,30,34)/t7-,10+,11+,12+,13+,14+,15+,16-,17-,18+,19+,20+,21-,22-,23+,24+,25?,26+,27-,28-/m0/s1. The number of hydrogen-bond acceptors (Lipinski definition) is 20. The minimum atomic E-state index is -1.91. The van der Waals surface area contributed by atoms with E-state index in [2.05, 4.69) is 10.6 Å². The van der Waals surface area contributed by atoms with Crippen molar-refractivity contribution in [3.63, 3.8) is 0 Å². The predicted octanol–water partition coefficient (Wildman–Crippen LogP) is -8.43. The molecule has 2 amide bonds. The van der Waals surface area contributed by atoms with Crippen molar-refractivity contribution in [1.29, 1.82) is 0 Å². The molecule has 4 saturated heterocycles. The van der Waals surface area contributed by atoms with Crippen molar-refractivity contribution in [3.05, 3.63) is 0 Å². The van der Waals surface area contributed by atoms with Crippen LogP contribution in [0, 0.1) is 0 Å². The molecule has 0 aromatic heterocycles. The largest absolute Gasteiger partial charge is 0.394 e. The molecule has 4 aliphatic heterocycles. The molecule has 0 radical (unpaired) electrons. The second-order valence-corrected chi connectivity index (χ2v) is 12.6. The van der Waals surface area contributed by atoms with Crippen LogP contribution in [0.25, 0.3) is 0 Å². The number of amides is 2. The normalized spacial score (nSPS) is 48.5. The molecule has 0 aliphatic carbocycles. The van der Waals surface area contributed by atoms with Gasteiger partial charge >= 0.3 is 0 Å². The SMILES string of the molecule is CC(=O)N[C@H]1[C@H](OC[C@H]2OC(O)[C@H](NC(C)=O)[C@@H](O)[C@H]2O)O[C@H](CO)[C@@H](O[C@@H]2O[C@H](CO)[C@H](O)[C@H](O)[C@H]2O[C@@H]2O[C@@H](C)[C@@H](O)[C@@H](O)[C@@H]2O)[C@@H]1O. The second kappa shape index (κ2) is 17.4. The molecule has 13 N–H and O–H groups in total. The van der Waals surface area contributed by atoms with Gasteiger partial charge in [-0.25, -0.2) is 0 Å². The van der Waals surface area contributed by atoms with Gasteiger partial charge in [0.25, 0.3) is 0 Å². The van der Waals surface area contributed by atoms with Crippen molar-refractivity contribution in [1.82, 2.24) is 10.6 Å². The van der Waals surface area contributed by atoms with Crippen molar-refractivity contribution in [2.45, 2.75) is 143 Å². The molecule has 1 unspecified atom stereocenters. The molecule has 50 heavy (non-hydrogen) atoms. The quantitative estimate of drug-likeness (QED) is 0.0938. The Hall–Kier alpha value is -1.78. The lowest BCUT2D eigenvalue weighted by Gasteiger charge is -2.49. The van der Waals surface area contributed by atoms with E-state index in [1.807, 2.05) is 0 Å². The maximum absolute atomic E-state index is 12.2. The Morgan fingerprint density at radius 1 is 0.560 bits per heavy atom. The van der Waals surface area contributed by atoms with Gasteiger partial charge in [0, 0.05) is 13.8 Å². The first-order valence-corrected chi connectivity index (χ1v) is 15.9. The van der Waals surface area contributed by atoms with E-state index in [0.29, 0.717) is 0 Å². The highest BCUT2D eigenvalue weighted by Gasteiger charge is 2.54. The summed E-state index contributed by atoms with van der Waals surface area (Å²) < 4.78 is 39.4. The topological polar surface area (TPSA) is 345 Å². The predicted molar refractivity (Wildman–Crippen MR) is 156 cm³/mol. The number of rotatable bonds is 11. The zero-order valence-electron chi connectivity index (χ0n) is 27.3. The molecule has 22 heteroatoms. The molecule has 0 aromatic carbocycles. The maximum atomic E-state index is 12.2. The van der Waals surface area contributed by atoms with Gasteiger partial charge in [0.2, 0.25) is 11.8 Å². The summed E-state index contributed by atoms with van der Waals surface area (Å²) in [5.41, 5.74) is 0. The maximum Gasteiger partial charge on any atom is 0.217 e. The molecule has 4 heterocycles. The van der Waals surface area contributed by atoms with Gasteiger partial charge in [0.1, 0.15) is 91.4 Å². The summed E-state index contributed by atoms with van der Waals surface area (Å²) in [6.07, 6.45) is -29.8. The Morgan fingerprint density at radius 3 is 1.72 bits per heavy atom. The average molecular weight is 733 g/mol. The summed E-state index contributed by atoms with van der Waals surface area (Å²) in [6.45, 7) is 1.26. The molecule has 0 spiro atoms. The lowest BCUT2D eigenvalue weighted by atomic mass is 9.95. The van der Waals surface area contributed by atoms with Crippen LogP contribution in [-0.4, -0.2) is 211 Å². The number of ether oxygens (including phenoxy) is 7. The molecular formula is C28H48N2O20. The van der Waals surface area contributed by atoms with Crippen molar-refractivity contribution in [3.8, 4) is 0 Å². The molecule has 0 aromatic rings. The van der Waals surface area contributed by atoms with E-state index >= 15 is 0 Å². The molecule has 0 saturated carbocycles. The van der Waals surface area contributed by atoms with Gasteiger partial charge in [-0.1, -0.05) is 0 Å². The third-order valence-corrected chi connectivity index (χ3v) is 8.95. The average Bonchev–Trinajstić information content (AvgIpc) is 3.06. The highest BCUT2D eigenvalue weighted by atomic mass is 16.8. The fraction of sp³-hybridized carbons (Fsp3) is 0.929. The Balaban J connectivity index is 1.52.